The van der Waals surface area contributed by atoms with E-state index in [1.54, 1.807) is 0 Å². The highest BCUT2D eigenvalue weighted by atomic mass is 32.2. The van der Waals surface area contributed by atoms with Gasteiger partial charge in [-0.25, -0.2) is 0 Å². The standard InChI is InChI=1S/C18H30N4S/c1-19-18(20-11-6-14-23-2)21-17-9-12-22(13-10-17)15-16-7-4-3-5-8-16/h3-5,7-8,17H,6,9-15H2,1-2H3,(H2,19,20,21). The monoisotopic (exact) mass is 334 g/mol. The van der Waals surface area contributed by atoms with Gasteiger partial charge in [0.2, 0.25) is 0 Å². The van der Waals surface area contributed by atoms with Gasteiger partial charge in [-0.15, -0.1) is 0 Å². The Balaban J connectivity index is 1.67. The molecule has 0 bridgehead atoms. The van der Waals surface area contributed by atoms with E-state index in [9.17, 15) is 0 Å². The molecule has 1 aliphatic rings. The summed E-state index contributed by atoms with van der Waals surface area (Å²) in [4.78, 5) is 6.88. The highest BCUT2D eigenvalue weighted by molar-refractivity contribution is 7.98. The average Bonchev–Trinajstić information content (AvgIpc) is 2.60. The van der Waals surface area contributed by atoms with Crippen LogP contribution in [0.3, 0.4) is 0 Å². The van der Waals surface area contributed by atoms with E-state index in [-0.39, 0.29) is 0 Å². The van der Waals surface area contributed by atoms with Crippen molar-refractivity contribution in [3.05, 3.63) is 35.9 Å². The lowest BCUT2D eigenvalue weighted by atomic mass is 10.0. The number of hydrogen-bond donors (Lipinski definition) is 2. The zero-order valence-corrected chi connectivity index (χ0v) is 15.2. The summed E-state index contributed by atoms with van der Waals surface area (Å²) in [5, 5.41) is 6.99. The van der Waals surface area contributed by atoms with Gasteiger partial charge in [-0.3, -0.25) is 9.89 Å². The Morgan fingerprint density at radius 2 is 2.00 bits per heavy atom. The van der Waals surface area contributed by atoms with Gasteiger partial charge >= 0.3 is 0 Å². The number of nitrogens with one attached hydrogen (secondary N) is 2. The summed E-state index contributed by atoms with van der Waals surface area (Å²) < 4.78 is 0. The molecule has 2 rings (SSSR count). The smallest absolute Gasteiger partial charge is 0.191 e. The first kappa shape index (κ1) is 18.1. The number of nitrogens with zero attached hydrogens (tertiary/aromatic N) is 2. The predicted octanol–water partition coefficient (Wildman–Crippen LogP) is 2.57. The van der Waals surface area contributed by atoms with Crippen LogP contribution in [0.25, 0.3) is 0 Å². The molecule has 0 saturated carbocycles. The Morgan fingerprint density at radius 1 is 1.26 bits per heavy atom. The largest absolute Gasteiger partial charge is 0.356 e. The van der Waals surface area contributed by atoms with Gasteiger partial charge < -0.3 is 10.6 Å². The van der Waals surface area contributed by atoms with Crippen molar-refractivity contribution in [2.75, 3.05) is 38.7 Å². The van der Waals surface area contributed by atoms with E-state index >= 15 is 0 Å². The minimum Gasteiger partial charge on any atom is -0.356 e. The molecule has 0 amide bonds. The lowest BCUT2D eigenvalue weighted by molar-refractivity contribution is 0.198. The molecule has 1 heterocycles. The third-order valence-corrected chi connectivity index (χ3v) is 4.92. The normalized spacial score (nSPS) is 17.2. The van der Waals surface area contributed by atoms with Gasteiger partial charge in [-0.2, -0.15) is 11.8 Å². The Bertz CT molecular complexity index is 455. The average molecular weight is 335 g/mol. The van der Waals surface area contributed by atoms with E-state index < -0.39 is 0 Å². The summed E-state index contributed by atoms with van der Waals surface area (Å²) in [6, 6.07) is 11.3. The number of piperidine rings is 1. The van der Waals surface area contributed by atoms with E-state index in [4.69, 9.17) is 0 Å². The van der Waals surface area contributed by atoms with Crippen LogP contribution < -0.4 is 10.6 Å². The summed E-state index contributed by atoms with van der Waals surface area (Å²) in [6.07, 6.45) is 5.68. The molecule has 0 aromatic heterocycles. The van der Waals surface area contributed by atoms with Crippen LogP contribution in [-0.2, 0) is 6.54 Å². The molecule has 23 heavy (non-hydrogen) atoms. The lowest BCUT2D eigenvalue weighted by Gasteiger charge is -2.33. The second-order valence-corrected chi connectivity index (χ2v) is 7.01. The van der Waals surface area contributed by atoms with Crippen molar-refractivity contribution in [3.8, 4) is 0 Å². The maximum atomic E-state index is 4.34. The molecule has 1 aliphatic heterocycles. The fourth-order valence-corrected chi connectivity index (χ4v) is 3.32. The third-order valence-electron chi connectivity index (χ3n) is 4.22. The molecule has 0 atom stereocenters. The van der Waals surface area contributed by atoms with Gasteiger partial charge in [0.15, 0.2) is 5.96 Å². The van der Waals surface area contributed by atoms with Crippen LogP contribution in [0.5, 0.6) is 0 Å². The van der Waals surface area contributed by atoms with Crippen LogP contribution in [-0.4, -0.2) is 55.6 Å². The van der Waals surface area contributed by atoms with Gasteiger partial charge in [0, 0.05) is 39.3 Å². The van der Waals surface area contributed by atoms with Crippen LogP contribution >= 0.6 is 11.8 Å². The van der Waals surface area contributed by atoms with Crippen LogP contribution in [0.15, 0.2) is 35.3 Å². The predicted molar refractivity (Wildman–Crippen MR) is 102 cm³/mol. The maximum Gasteiger partial charge on any atom is 0.191 e. The molecule has 128 valence electrons. The Labute approximate surface area is 145 Å². The number of thioether (sulfide) groups is 1. The van der Waals surface area contributed by atoms with Crippen molar-refractivity contribution >= 4 is 17.7 Å². The summed E-state index contributed by atoms with van der Waals surface area (Å²) >= 11 is 1.89. The second-order valence-electron chi connectivity index (χ2n) is 6.03. The first-order chi connectivity index (χ1) is 11.3. The van der Waals surface area contributed by atoms with E-state index in [0.717, 1.165) is 32.1 Å². The van der Waals surface area contributed by atoms with Gasteiger partial charge in [-0.1, -0.05) is 30.3 Å². The van der Waals surface area contributed by atoms with E-state index in [1.165, 1.54) is 30.6 Å². The van der Waals surface area contributed by atoms with Crippen LogP contribution in [0.4, 0.5) is 0 Å². The molecule has 2 N–H and O–H groups in total. The fraction of sp³-hybridized carbons (Fsp3) is 0.611. The highest BCUT2D eigenvalue weighted by Crippen LogP contribution is 2.13. The van der Waals surface area contributed by atoms with Crippen LogP contribution in [0.2, 0.25) is 0 Å². The first-order valence-electron chi connectivity index (χ1n) is 8.54. The topological polar surface area (TPSA) is 39.7 Å². The Morgan fingerprint density at radius 3 is 2.65 bits per heavy atom. The summed E-state index contributed by atoms with van der Waals surface area (Å²) in [6.45, 7) is 4.36. The van der Waals surface area contributed by atoms with Crippen LogP contribution in [0.1, 0.15) is 24.8 Å². The van der Waals surface area contributed by atoms with E-state index in [2.05, 4.69) is 57.1 Å². The zero-order valence-electron chi connectivity index (χ0n) is 14.4. The minimum absolute atomic E-state index is 0.536. The zero-order chi connectivity index (χ0) is 16.3. The Kier molecular flexibility index (Phi) is 8.32. The second kappa shape index (κ2) is 10.6. The quantitative estimate of drug-likeness (QED) is 0.457. The van der Waals surface area contributed by atoms with Crippen molar-refractivity contribution in [2.45, 2.75) is 31.8 Å². The van der Waals surface area contributed by atoms with Gasteiger partial charge in [0.1, 0.15) is 0 Å². The molecular formula is C18H30N4S. The number of hydrogen-bond acceptors (Lipinski definition) is 3. The van der Waals surface area contributed by atoms with Gasteiger partial charge in [-0.05, 0) is 36.8 Å². The van der Waals surface area contributed by atoms with Crippen molar-refractivity contribution in [3.63, 3.8) is 0 Å². The summed E-state index contributed by atoms with van der Waals surface area (Å²) in [5.41, 5.74) is 1.41. The number of likely N-dealkylation sites (tertiary alicyclic amines) is 1. The number of guanidine groups is 1. The highest BCUT2D eigenvalue weighted by Gasteiger charge is 2.19. The van der Waals surface area contributed by atoms with Gasteiger partial charge in [0.05, 0.1) is 0 Å². The molecule has 0 unspecified atom stereocenters. The van der Waals surface area contributed by atoms with Crippen LogP contribution in [0, 0.1) is 0 Å². The molecule has 0 spiro atoms. The third kappa shape index (κ3) is 6.83. The summed E-state index contributed by atoms with van der Waals surface area (Å²) in [5.74, 6) is 2.15. The number of aliphatic imine (C=N–C) groups is 1. The van der Waals surface area contributed by atoms with Crippen molar-refractivity contribution in [1.29, 1.82) is 0 Å². The van der Waals surface area contributed by atoms with E-state index in [1.807, 2.05) is 18.8 Å². The molecule has 0 radical (unpaired) electrons. The molecule has 0 aliphatic carbocycles. The van der Waals surface area contributed by atoms with Crippen molar-refractivity contribution < 1.29 is 0 Å². The molecular weight excluding hydrogens is 304 g/mol. The molecule has 5 heteroatoms. The molecule has 4 nitrogen and oxygen atoms in total. The van der Waals surface area contributed by atoms with Gasteiger partial charge in [0.25, 0.3) is 0 Å². The molecule has 1 aromatic carbocycles. The SMILES string of the molecule is CN=C(NCCCSC)NC1CCN(Cc2ccccc2)CC1. The Hall–Kier alpha value is -1.20. The summed E-state index contributed by atoms with van der Waals surface area (Å²) in [7, 11) is 1.86. The first-order valence-corrected chi connectivity index (χ1v) is 9.93. The number of rotatable bonds is 7. The number of benzene rings is 1. The van der Waals surface area contributed by atoms with Crippen molar-refractivity contribution in [1.82, 2.24) is 15.5 Å². The lowest BCUT2D eigenvalue weighted by Crippen LogP contribution is -2.48. The van der Waals surface area contributed by atoms with E-state index in [0.29, 0.717) is 6.04 Å². The molecule has 1 aromatic rings. The molecule has 1 saturated heterocycles. The fourth-order valence-electron chi connectivity index (χ4n) is 2.89. The maximum absolute atomic E-state index is 4.34. The van der Waals surface area contributed by atoms with Crippen molar-refractivity contribution in [2.24, 2.45) is 4.99 Å². The molecule has 1 fully saturated rings. The minimum atomic E-state index is 0.536.